The average molecular weight is 286 g/mol. The summed E-state index contributed by atoms with van der Waals surface area (Å²) in [5, 5.41) is 5.89. The van der Waals surface area contributed by atoms with Gasteiger partial charge in [-0.2, -0.15) is 0 Å². The Balaban J connectivity index is 1.98. The lowest BCUT2D eigenvalue weighted by atomic mass is 10.1. The Morgan fingerprint density at radius 3 is 2.52 bits per heavy atom. The molecule has 0 aliphatic rings. The maximum absolute atomic E-state index is 11.9. The van der Waals surface area contributed by atoms with Gasteiger partial charge in [-0.1, -0.05) is 31.2 Å². The highest BCUT2D eigenvalue weighted by atomic mass is 16.3. The second-order valence-electron chi connectivity index (χ2n) is 4.93. The first-order chi connectivity index (χ1) is 10.2. The van der Waals surface area contributed by atoms with Gasteiger partial charge in [0.2, 0.25) is 0 Å². The lowest BCUT2D eigenvalue weighted by Gasteiger charge is -2.03. The molecule has 0 atom stereocenters. The van der Waals surface area contributed by atoms with Crippen molar-refractivity contribution in [2.75, 3.05) is 20.1 Å². The summed E-state index contributed by atoms with van der Waals surface area (Å²) in [7, 11) is 1.89. The predicted molar refractivity (Wildman–Crippen MR) is 84.4 cm³/mol. The fourth-order valence-electron chi connectivity index (χ4n) is 2.07. The Morgan fingerprint density at radius 2 is 1.86 bits per heavy atom. The minimum Gasteiger partial charge on any atom is -0.451 e. The van der Waals surface area contributed by atoms with Crippen LogP contribution in [0.15, 0.2) is 40.8 Å². The summed E-state index contributed by atoms with van der Waals surface area (Å²) in [6.45, 7) is 3.65. The number of hydrogen-bond donors (Lipinski definition) is 2. The Labute approximate surface area is 125 Å². The molecule has 2 aromatic rings. The molecule has 0 saturated carbocycles. The largest absolute Gasteiger partial charge is 0.451 e. The van der Waals surface area contributed by atoms with Gasteiger partial charge in [-0.05, 0) is 44.1 Å². The molecule has 2 rings (SSSR count). The van der Waals surface area contributed by atoms with E-state index in [2.05, 4.69) is 29.7 Å². The normalized spacial score (nSPS) is 10.6. The van der Waals surface area contributed by atoms with Crippen molar-refractivity contribution in [1.29, 1.82) is 0 Å². The highest BCUT2D eigenvalue weighted by Gasteiger charge is 2.11. The molecule has 1 heterocycles. The van der Waals surface area contributed by atoms with Crippen molar-refractivity contribution in [3.63, 3.8) is 0 Å². The van der Waals surface area contributed by atoms with Crippen molar-refractivity contribution in [3.05, 3.63) is 47.7 Å². The van der Waals surface area contributed by atoms with Crippen LogP contribution in [0.4, 0.5) is 0 Å². The molecular weight excluding hydrogens is 264 g/mol. The zero-order chi connectivity index (χ0) is 15.1. The van der Waals surface area contributed by atoms with E-state index in [0.29, 0.717) is 12.3 Å². The van der Waals surface area contributed by atoms with E-state index < -0.39 is 0 Å². The van der Waals surface area contributed by atoms with Gasteiger partial charge in [0.1, 0.15) is 5.76 Å². The number of nitrogens with one attached hydrogen (secondary N) is 2. The summed E-state index contributed by atoms with van der Waals surface area (Å²) in [5.41, 5.74) is 2.27. The summed E-state index contributed by atoms with van der Waals surface area (Å²) >= 11 is 0. The van der Waals surface area contributed by atoms with Crippen LogP contribution in [0.25, 0.3) is 11.3 Å². The molecule has 112 valence electrons. The van der Waals surface area contributed by atoms with Gasteiger partial charge in [-0.25, -0.2) is 0 Å². The number of hydrogen-bond acceptors (Lipinski definition) is 3. The van der Waals surface area contributed by atoms with Gasteiger partial charge in [-0.3, -0.25) is 4.79 Å². The zero-order valence-corrected chi connectivity index (χ0v) is 12.6. The first-order valence-electron chi connectivity index (χ1n) is 7.36. The van der Waals surface area contributed by atoms with Gasteiger partial charge in [0.15, 0.2) is 5.76 Å². The molecule has 0 radical (unpaired) electrons. The number of aryl methyl sites for hydroxylation is 1. The second kappa shape index (κ2) is 7.64. The quantitative estimate of drug-likeness (QED) is 0.770. The number of carbonyl (C=O) groups is 1. The van der Waals surface area contributed by atoms with E-state index in [1.807, 2.05) is 25.2 Å². The molecule has 4 nitrogen and oxygen atoms in total. The van der Waals surface area contributed by atoms with Crippen LogP contribution >= 0.6 is 0 Å². The lowest BCUT2D eigenvalue weighted by Crippen LogP contribution is -2.26. The first-order valence-corrected chi connectivity index (χ1v) is 7.36. The van der Waals surface area contributed by atoms with Gasteiger partial charge in [0.25, 0.3) is 5.91 Å². The van der Waals surface area contributed by atoms with E-state index in [1.165, 1.54) is 5.56 Å². The third kappa shape index (κ3) is 4.20. The third-order valence-corrected chi connectivity index (χ3v) is 3.37. The van der Waals surface area contributed by atoms with Gasteiger partial charge in [0.05, 0.1) is 0 Å². The van der Waals surface area contributed by atoms with Crippen LogP contribution in [0.5, 0.6) is 0 Å². The van der Waals surface area contributed by atoms with E-state index >= 15 is 0 Å². The first kappa shape index (κ1) is 15.3. The third-order valence-electron chi connectivity index (χ3n) is 3.37. The Kier molecular flexibility index (Phi) is 5.58. The van der Waals surface area contributed by atoms with Gasteiger partial charge in [-0.15, -0.1) is 0 Å². The molecule has 0 aliphatic heterocycles. The van der Waals surface area contributed by atoms with Gasteiger partial charge >= 0.3 is 0 Å². The minimum absolute atomic E-state index is 0.164. The fraction of sp³-hybridized carbons (Fsp3) is 0.353. The molecule has 0 aliphatic carbocycles. The standard InChI is InChI=1S/C17H22N2O2/c1-3-13-5-7-14(8-6-13)15-9-10-16(21-15)17(20)19-12-4-11-18-2/h5-10,18H,3-4,11-12H2,1-2H3,(H,19,20). The van der Waals surface area contributed by atoms with E-state index in [1.54, 1.807) is 6.07 Å². The van der Waals surface area contributed by atoms with Crippen LogP contribution in [0.2, 0.25) is 0 Å². The topological polar surface area (TPSA) is 54.3 Å². The van der Waals surface area contributed by atoms with Crippen molar-refractivity contribution >= 4 is 5.91 Å². The Hall–Kier alpha value is -2.07. The predicted octanol–water partition coefficient (Wildman–Crippen LogP) is 2.85. The summed E-state index contributed by atoms with van der Waals surface area (Å²) < 4.78 is 5.63. The maximum Gasteiger partial charge on any atom is 0.287 e. The van der Waals surface area contributed by atoms with Crippen molar-refractivity contribution in [2.24, 2.45) is 0 Å². The van der Waals surface area contributed by atoms with Crippen LogP contribution in [0, 0.1) is 0 Å². The molecule has 0 unspecified atom stereocenters. The molecule has 4 heteroatoms. The van der Waals surface area contributed by atoms with Crippen LogP contribution < -0.4 is 10.6 Å². The Morgan fingerprint density at radius 1 is 1.10 bits per heavy atom. The highest BCUT2D eigenvalue weighted by molar-refractivity contribution is 5.92. The molecule has 1 aromatic carbocycles. The summed E-state index contributed by atoms with van der Waals surface area (Å²) in [6.07, 6.45) is 1.91. The van der Waals surface area contributed by atoms with E-state index in [0.717, 1.165) is 30.7 Å². The zero-order valence-electron chi connectivity index (χ0n) is 12.6. The number of rotatable bonds is 7. The van der Waals surface area contributed by atoms with Crippen LogP contribution in [-0.4, -0.2) is 26.0 Å². The SMILES string of the molecule is CCc1ccc(-c2ccc(C(=O)NCCCNC)o2)cc1. The van der Waals surface area contributed by atoms with Crippen molar-refractivity contribution in [2.45, 2.75) is 19.8 Å². The van der Waals surface area contributed by atoms with Gasteiger partial charge in [0, 0.05) is 12.1 Å². The lowest BCUT2D eigenvalue weighted by molar-refractivity contribution is 0.0926. The van der Waals surface area contributed by atoms with Crippen LogP contribution in [-0.2, 0) is 6.42 Å². The average Bonchev–Trinajstić information content (AvgIpc) is 3.01. The molecule has 0 spiro atoms. The van der Waals surface area contributed by atoms with Crippen LogP contribution in [0.3, 0.4) is 0 Å². The molecule has 2 N–H and O–H groups in total. The Bertz CT molecular complexity index is 573. The minimum atomic E-state index is -0.164. The van der Waals surface area contributed by atoms with E-state index in [-0.39, 0.29) is 5.91 Å². The number of benzene rings is 1. The van der Waals surface area contributed by atoms with E-state index in [4.69, 9.17) is 4.42 Å². The molecule has 1 amide bonds. The molecule has 0 bridgehead atoms. The number of furan rings is 1. The fourth-order valence-corrected chi connectivity index (χ4v) is 2.07. The van der Waals surface area contributed by atoms with Crippen molar-refractivity contribution in [1.82, 2.24) is 10.6 Å². The van der Waals surface area contributed by atoms with Gasteiger partial charge < -0.3 is 15.1 Å². The molecule has 21 heavy (non-hydrogen) atoms. The summed E-state index contributed by atoms with van der Waals surface area (Å²) in [5.74, 6) is 0.912. The maximum atomic E-state index is 11.9. The van der Waals surface area contributed by atoms with E-state index in [9.17, 15) is 4.79 Å². The van der Waals surface area contributed by atoms with Crippen molar-refractivity contribution < 1.29 is 9.21 Å². The molecule has 0 saturated heterocycles. The number of amides is 1. The summed E-state index contributed by atoms with van der Waals surface area (Å²) in [4.78, 5) is 11.9. The molecule has 0 fully saturated rings. The van der Waals surface area contributed by atoms with Crippen molar-refractivity contribution in [3.8, 4) is 11.3 Å². The summed E-state index contributed by atoms with van der Waals surface area (Å²) in [6, 6.07) is 11.8. The smallest absolute Gasteiger partial charge is 0.287 e. The second-order valence-corrected chi connectivity index (χ2v) is 4.93. The highest BCUT2D eigenvalue weighted by Crippen LogP contribution is 2.22. The molecule has 1 aromatic heterocycles. The van der Waals surface area contributed by atoms with Crippen LogP contribution in [0.1, 0.15) is 29.5 Å². The monoisotopic (exact) mass is 286 g/mol. The molecular formula is C17H22N2O2. The number of carbonyl (C=O) groups excluding carboxylic acids is 1.